The van der Waals surface area contributed by atoms with Crippen LogP contribution in [0.5, 0.6) is 0 Å². The number of rotatable bonds is 3. The Morgan fingerprint density at radius 3 is 2.61 bits per heavy atom. The van der Waals surface area contributed by atoms with Crippen molar-refractivity contribution in [2.45, 2.75) is 51.2 Å². The van der Waals surface area contributed by atoms with E-state index in [1.54, 1.807) is 0 Å². The summed E-state index contributed by atoms with van der Waals surface area (Å²) in [6.45, 7) is 4.36. The van der Waals surface area contributed by atoms with Crippen molar-refractivity contribution in [1.82, 2.24) is 14.7 Å². The van der Waals surface area contributed by atoms with Gasteiger partial charge in [0.1, 0.15) is 0 Å². The van der Waals surface area contributed by atoms with Crippen LogP contribution < -0.4 is 5.73 Å². The Morgan fingerprint density at radius 1 is 1.04 bits per heavy atom. The summed E-state index contributed by atoms with van der Waals surface area (Å²) in [5, 5.41) is 4.55. The number of hydrogen-bond donors (Lipinski definition) is 1. The van der Waals surface area contributed by atoms with Gasteiger partial charge in [0.25, 0.3) is 0 Å². The van der Waals surface area contributed by atoms with Gasteiger partial charge in [-0.15, -0.1) is 0 Å². The second kappa shape index (κ2) is 6.46. The fourth-order valence-corrected chi connectivity index (χ4v) is 3.82. The van der Waals surface area contributed by atoms with Gasteiger partial charge >= 0.3 is 0 Å². The lowest BCUT2D eigenvalue weighted by atomic mass is 9.99. The first-order valence-corrected chi connectivity index (χ1v) is 8.91. The minimum absolute atomic E-state index is 0.405. The van der Waals surface area contributed by atoms with Crippen molar-refractivity contribution in [3.05, 3.63) is 41.7 Å². The van der Waals surface area contributed by atoms with Crippen molar-refractivity contribution >= 4 is 0 Å². The number of aromatic nitrogens is 2. The molecule has 0 bridgehead atoms. The summed E-state index contributed by atoms with van der Waals surface area (Å²) >= 11 is 0. The smallest absolute Gasteiger partial charge is 0.0571 e. The maximum Gasteiger partial charge on any atom is 0.0571 e. The van der Waals surface area contributed by atoms with Gasteiger partial charge in [-0.3, -0.25) is 9.58 Å². The van der Waals surface area contributed by atoms with E-state index in [4.69, 9.17) is 5.73 Å². The number of fused-ring (bicyclic) bond motifs is 1. The Bertz CT molecular complexity index is 651. The van der Waals surface area contributed by atoms with Gasteiger partial charge in [-0.1, -0.05) is 24.3 Å². The molecule has 0 saturated carbocycles. The molecule has 23 heavy (non-hydrogen) atoms. The molecule has 2 aromatic rings. The Balaban J connectivity index is 1.47. The van der Waals surface area contributed by atoms with Crippen LogP contribution in [0.15, 0.2) is 30.5 Å². The molecule has 4 nitrogen and oxygen atoms in total. The van der Waals surface area contributed by atoms with E-state index < -0.39 is 0 Å². The highest BCUT2D eigenvalue weighted by atomic mass is 15.3. The summed E-state index contributed by atoms with van der Waals surface area (Å²) in [5.74, 6) is 0. The molecule has 0 atom stereocenters. The van der Waals surface area contributed by atoms with Crippen LogP contribution in [0.2, 0.25) is 0 Å². The van der Waals surface area contributed by atoms with E-state index in [1.165, 1.54) is 35.2 Å². The highest BCUT2D eigenvalue weighted by Gasteiger charge is 2.17. The van der Waals surface area contributed by atoms with Crippen molar-refractivity contribution in [3.8, 4) is 11.1 Å². The molecule has 1 fully saturated rings. The Labute approximate surface area is 138 Å². The van der Waals surface area contributed by atoms with E-state index in [-0.39, 0.29) is 0 Å². The molecular weight excluding hydrogens is 284 g/mol. The minimum Gasteiger partial charge on any atom is -0.328 e. The zero-order valence-corrected chi connectivity index (χ0v) is 13.7. The number of nitrogens with zero attached hydrogens (tertiary/aromatic N) is 3. The third kappa shape index (κ3) is 3.19. The third-order valence-corrected chi connectivity index (χ3v) is 5.29. The van der Waals surface area contributed by atoms with Crippen LogP contribution in [0, 0.1) is 0 Å². The van der Waals surface area contributed by atoms with E-state index >= 15 is 0 Å². The van der Waals surface area contributed by atoms with E-state index in [2.05, 4.69) is 38.9 Å². The number of aryl methyl sites for hydroxylation is 1. The first-order valence-electron chi connectivity index (χ1n) is 8.91. The fourth-order valence-electron chi connectivity index (χ4n) is 3.82. The predicted molar refractivity (Wildman–Crippen MR) is 93.1 cm³/mol. The molecule has 2 aliphatic heterocycles. The molecular formula is C19H26N4. The van der Waals surface area contributed by atoms with Crippen molar-refractivity contribution < 1.29 is 0 Å². The summed E-state index contributed by atoms with van der Waals surface area (Å²) in [6, 6.07) is 9.48. The highest BCUT2D eigenvalue weighted by molar-refractivity contribution is 5.65. The molecule has 122 valence electrons. The number of hydrogen-bond acceptors (Lipinski definition) is 3. The van der Waals surface area contributed by atoms with E-state index in [9.17, 15) is 0 Å². The van der Waals surface area contributed by atoms with Crippen LogP contribution >= 0.6 is 0 Å². The molecule has 1 aromatic carbocycles. The topological polar surface area (TPSA) is 47.1 Å². The van der Waals surface area contributed by atoms with Gasteiger partial charge in [0.05, 0.1) is 6.20 Å². The van der Waals surface area contributed by atoms with E-state index in [0.29, 0.717) is 6.04 Å². The zero-order chi connectivity index (χ0) is 15.6. The van der Waals surface area contributed by atoms with Gasteiger partial charge in [0, 0.05) is 30.4 Å². The molecule has 0 aliphatic carbocycles. The Morgan fingerprint density at radius 2 is 1.83 bits per heavy atom. The first-order chi connectivity index (χ1) is 11.3. The Hall–Kier alpha value is -1.65. The summed E-state index contributed by atoms with van der Waals surface area (Å²) in [6.07, 6.45) is 7.99. The zero-order valence-electron chi connectivity index (χ0n) is 13.7. The van der Waals surface area contributed by atoms with Crippen molar-refractivity contribution in [2.24, 2.45) is 5.73 Å². The summed E-state index contributed by atoms with van der Waals surface area (Å²) < 4.78 is 2.18. The average Bonchev–Trinajstić information content (AvgIpc) is 3.02. The number of likely N-dealkylation sites (tertiary alicyclic amines) is 1. The average molecular weight is 310 g/mol. The molecule has 4 heteroatoms. The van der Waals surface area contributed by atoms with Crippen molar-refractivity contribution in [1.29, 1.82) is 0 Å². The van der Waals surface area contributed by atoms with Gasteiger partial charge < -0.3 is 5.73 Å². The predicted octanol–water partition coefficient (Wildman–Crippen LogP) is 2.81. The molecule has 2 N–H and O–H groups in total. The summed E-state index contributed by atoms with van der Waals surface area (Å²) in [7, 11) is 0. The summed E-state index contributed by atoms with van der Waals surface area (Å²) in [5.41, 5.74) is 11.4. The Kier molecular flexibility index (Phi) is 4.19. The van der Waals surface area contributed by atoms with Gasteiger partial charge in [0.15, 0.2) is 0 Å². The van der Waals surface area contributed by atoms with Crippen LogP contribution in [0.3, 0.4) is 0 Å². The molecule has 3 heterocycles. The lowest BCUT2D eigenvalue weighted by Gasteiger charge is -2.30. The standard InChI is InChI=1S/C19H26N4/c20-17-8-11-22(12-9-17)14-15-4-6-16(7-5-15)18-13-21-23-10-2-1-3-19(18)23/h4-7,13,17H,1-3,8-12,14,20H2. The fraction of sp³-hybridized carbons (Fsp3) is 0.526. The second-order valence-corrected chi connectivity index (χ2v) is 7.00. The van der Waals surface area contributed by atoms with Crippen LogP contribution in [0.1, 0.15) is 36.9 Å². The normalized spacial score (nSPS) is 19.7. The van der Waals surface area contributed by atoms with Crippen LogP contribution in [0.4, 0.5) is 0 Å². The molecule has 0 amide bonds. The molecule has 1 saturated heterocycles. The van der Waals surface area contributed by atoms with Gasteiger partial charge in [0.2, 0.25) is 0 Å². The number of nitrogens with two attached hydrogens (primary N) is 1. The lowest BCUT2D eigenvalue weighted by Crippen LogP contribution is -2.39. The highest BCUT2D eigenvalue weighted by Crippen LogP contribution is 2.28. The SMILES string of the molecule is NC1CCN(Cc2ccc(-c3cnn4c3CCCC4)cc2)CC1. The molecule has 2 aliphatic rings. The number of benzene rings is 1. The summed E-state index contributed by atoms with van der Waals surface area (Å²) in [4.78, 5) is 2.51. The van der Waals surface area contributed by atoms with E-state index in [0.717, 1.165) is 45.4 Å². The van der Waals surface area contributed by atoms with Crippen molar-refractivity contribution in [2.75, 3.05) is 13.1 Å². The lowest BCUT2D eigenvalue weighted by molar-refractivity contribution is 0.205. The van der Waals surface area contributed by atoms with E-state index in [1.807, 2.05) is 6.20 Å². The minimum atomic E-state index is 0.405. The first kappa shape index (κ1) is 14.9. The van der Waals surface area contributed by atoms with Gasteiger partial charge in [-0.05, 0) is 56.3 Å². The van der Waals surface area contributed by atoms with Crippen LogP contribution in [-0.2, 0) is 19.5 Å². The quantitative estimate of drug-likeness (QED) is 0.948. The van der Waals surface area contributed by atoms with Gasteiger partial charge in [-0.25, -0.2) is 0 Å². The maximum absolute atomic E-state index is 5.99. The maximum atomic E-state index is 5.99. The third-order valence-electron chi connectivity index (χ3n) is 5.29. The monoisotopic (exact) mass is 310 g/mol. The molecule has 1 aromatic heterocycles. The van der Waals surface area contributed by atoms with Crippen molar-refractivity contribution in [3.63, 3.8) is 0 Å². The largest absolute Gasteiger partial charge is 0.328 e. The van der Waals surface area contributed by atoms with Crippen LogP contribution in [-0.4, -0.2) is 33.8 Å². The number of piperidine rings is 1. The molecule has 0 unspecified atom stereocenters. The van der Waals surface area contributed by atoms with Crippen LogP contribution in [0.25, 0.3) is 11.1 Å². The molecule has 4 rings (SSSR count). The second-order valence-electron chi connectivity index (χ2n) is 7.00. The molecule has 0 radical (unpaired) electrons. The molecule has 0 spiro atoms. The van der Waals surface area contributed by atoms with Gasteiger partial charge in [-0.2, -0.15) is 5.10 Å².